The van der Waals surface area contributed by atoms with Crippen LogP contribution in [0.2, 0.25) is 5.02 Å². The number of rotatable bonds is 2. The van der Waals surface area contributed by atoms with Crippen LogP contribution in [0, 0.1) is 0 Å². The Kier molecular flexibility index (Phi) is 3.25. The fraction of sp³-hybridized carbons (Fsp3) is 0. The number of hydrogen-bond donors (Lipinski definition) is 2. The summed E-state index contributed by atoms with van der Waals surface area (Å²) in [6, 6.07) is 10.00. The summed E-state index contributed by atoms with van der Waals surface area (Å²) >= 11 is 5.80. The molecule has 17 heavy (non-hydrogen) atoms. The van der Waals surface area contributed by atoms with Gasteiger partial charge in [-0.2, -0.15) is 0 Å². The minimum Gasteiger partial charge on any atom is -0.397 e. The second kappa shape index (κ2) is 4.84. The first-order valence-corrected chi connectivity index (χ1v) is 5.31. The third kappa shape index (κ3) is 2.95. The molecule has 3 N–H and O–H groups in total. The molecule has 0 atom stereocenters. The number of nitrogen functional groups attached to an aromatic ring is 1. The zero-order valence-electron chi connectivity index (χ0n) is 8.85. The Labute approximate surface area is 103 Å². The quantitative estimate of drug-likeness (QED) is 0.857. The van der Waals surface area contributed by atoms with Crippen molar-refractivity contribution >= 4 is 29.0 Å². The number of nitrogens with zero attached hydrogens (tertiary/aromatic N) is 1. The van der Waals surface area contributed by atoms with Crippen LogP contribution in [-0.4, -0.2) is 10.9 Å². The predicted octanol–water partition coefficient (Wildman–Crippen LogP) is 2.57. The maximum Gasteiger partial charge on any atom is 0.256 e. The lowest BCUT2D eigenvalue weighted by molar-refractivity contribution is 0.102. The van der Waals surface area contributed by atoms with E-state index in [9.17, 15) is 4.79 Å². The molecule has 0 bridgehead atoms. The van der Waals surface area contributed by atoms with Gasteiger partial charge < -0.3 is 11.1 Å². The average molecular weight is 248 g/mol. The number of nitrogens with two attached hydrogens (primary N) is 1. The molecule has 0 radical (unpaired) electrons. The number of aromatic nitrogens is 1. The van der Waals surface area contributed by atoms with E-state index in [0.29, 0.717) is 22.1 Å². The van der Waals surface area contributed by atoms with Crippen molar-refractivity contribution in [2.75, 3.05) is 11.1 Å². The van der Waals surface area contributed by atoms with Gasteiger partial charge in [-0.1, -0.05) is 17.7 Å². The van der Waals surface area contributed by atoms with Gasteiger partial charge in [-0.3, -0.25) is 4.79 Å². The maximum atomic E-state index is 11.8. The zero-order chi connectivity index (χ0) is 12.3. The third-order valence-electron chi connectivity index (χ3n) is 2.11. The summed E-state index contributed by atoms with van der Waals surface area (Å²) in [5.74, 6) is 0.189. The largest absolute Gasteiger partial charge is 0.397 e. The Morgan fingerprint density at radius 1 is 1.29 bits per heavy atom. The number of carbonyl (C=O) groups is 1. The predicted molar refractivity (Wildman–Crippen MR) is 68.1 cm³/mol. The summed E-state index contributed by atoms with van der Waals surface area (Å²) in [5.41, 5.74) is 6.53. The van der Waals surface area contributed by atoms with Crippen LogP contribution in [0.4, 0.5) is 11.5 Å². The highest BCUT2D eigenvalue weighted by Crippen LogP contribution is 2.13. The summed E-state index contributed by atoms with van der Waals surface area (Å²) in [6.45, 7) is 0. The molecule has 4 nitrogen and oxygen atoms in total. The number of carbonyl (C=O) groups excluding carboxylic acids is 1. The summed E-state index contributed by atoms with van der Waals surface area (Å²) in [7, 11) is 0. The molecular weight excluding hydrogens is 238 g/mol. The van der Waals surface area contributed by atoms with Crippen molar-refractivity contribution in [3.63, 3.8) is 0 Å². The molecule has 0 aliphatic rings. The van der Waals surface area contributed by atoms with E-state index in [1.165, 1.54) is 6.20 Å². The fourth-order valence-corrected chi connectivity index (χ4v) is 1.49. The van der Waals surface area contributed by atoms with Crippen molar-refractivity contribution in [3.05, 3.63) is 53.2 Å². The lowest BCUT2D eigenvalue weighted by Crippen LogP contribution is -2.12. The van der Waals surface area contributed by atoms with E-state index >= 15 is 0 Å². The molecule has 0 saturated carbocycles. The highest BCUT2D eigenvalue weighted by atomic mass is 35.5. The van der Waals surface area contributed by atoms with E-state index < -0.39 is 0 Å². The van der Waals surface area contributed by atoms with E-state index in [1.54, 1.807) is 36.4 Å². The van der Waals surface area contributed by atoms with Gasteiger partial charge in [-0.05, 0) is 30.3 Å². The molecule has 0 unspecified atom stereocenters. The number of halogens is 1. The van der Waals surface area contributed by atoms with Crippen LogP contribution in [0.1, 0.15) is 10.4 Å². The molecule has 5 heteroatoms. The van der Waals surface area contributed by atoms with Gasteiger partial charge in [0.2, 0.25) is 0 Å². The van der Waals surface area contributed by atoms with E-state index in [0.717, 1.165) is 0 Å². The van der Waals surface area contributed by atoms with E-state index in [2.05, 4.69) is 10.3 Å². The number of hydrogen-bond acceptors (Lipinski definition) is 3. The molecule has 2 aromatic rings. The monoisotopic (exact) mass is 247 g/mol. The first kappa shape index (κ1) is 11.4. The highest BCUT2D eigenvalue weighted by molar-refractivity contribution is 6.31. The van der Waals surface area contributed by atoms with Crippen LogP contribution >= 0.6 is 11.6 Å². The van der Waals surface area contributed by atoms with Gasteiger partial charge in [0, 0.05) is 10.6 Å². The van der Waals surface area contributed by atoms with E-state index in [-0.39, 0.29) is 5.91 Å². The van der Waals surface area contributed by atoms with Crippen LogP contribution in [0.5, 0.6) is 0 Å². The van der Waals surface area contributed by atoms with Gasteiger partial charge in [-0.25, -0.2) is 4.98 Å². The molecule has 1 aromatic carbocycles. The number of amides is 1. The first-order valence-electron chi connectivity index (χ1n) is 4.93. The molecule has 0 aliphatic carbocycles. The van der Waals surface area contributed by atoms with Crippen molar-refractivity contribution < 1.29 is 4.79 Å². The Bertz CT molecular complexity index is 540. The summed E-state index contributed by atoms with van der Waals surface area (Å²) < 4.78 is 0. The topological polar surface area (TPSA) is 68.0 Å². The molecule has 1 heterocycles. The third-order valence-corrected chi connectivity index (χ3v) is 2.35. The van der Waals surface area contributed by atoms with Crippen molar-refractivity contribution in [2.24, 2.45) is 0 Å². The van der Waals surface area contributed by atoms with Crippen molar-refractivity contribution in [1.82, 2.24) is 4.98 Å². The average Bonchev–Trinajstić information content (AvgIpc) is 2.32. The Morgan fingerprint density at radius 2 is 2.12 bits per heavy atom. The lowest BCUT2D eigenvalue weighted by Gasteiger charge is -2.04. The van der Waals surface area contributed by atoms with Crippen molar-refractivity contribution in [3.8, 4) is 0 Å². The molecule has 0 fully saturated rings. The maximum absolute atomic E-state index is 11.8. The molecule has 86 valence electrons. The minimum atomic E-state index is -0.259. The van der Waals surface area contributed by atoms with Crippen LogP contribution in [0.25, 0.3) is 0 Å². The lowest BCUT2D eigenvalue weighted by atomic mass is 10.2. The normalized spacial score (nSPS) is 9.94. The summed E-state index contributed by atoms with van der Waals surface area (Å²) in [4.78, 5) is 15.8. The molecule has 0 aliphatic heterocycles. The molecular formula is C12H10ClN3O. The number of benzene rings is 1. The number of anilines is 2. The van der Waals surface area contributed by atoms with Gasteiger partial charge in [0.15, 0.2) is 0 Å². The summed E-state index contributed by atoms with van der Waals surface area (Å²) in [5, 5.41) is 3.16. The highest BCUT2D eigenvalue weighted by Gasteiger charge is 2.06. The van der Waals surface area contributed by atoms with E-state index in [4.69, 9.17) is 17.3 Å². The Morgan fingerprint density at radius 3 is 2.76 bits per heavy atom. The van der Waals surface area contributed by atoms with Crippen LogP contribution in [0.15, 0.2) is 42.6 Å². The van der Waals surface area contributed by atoms with Crippen LogP contribution in [0.3, 0.4) is 0 Å². The Balaban J connectivity index is 2.14. The molecule has 0 spiro atoms. The zero-order valence-corrected chi connectivity index (χ0v) is 9.61. The second-order valence-corrected chi connectivity index (χ2v) is 3.88. The smallest absolute Gasteiger partial charge is 0.256 e. The molecule has 1 amide bonds. The van der Waals surface area contributed by atoms with Gasteiger partial charge >= 0.3 is 0 Å². The minimum absolute atomic E-state index is 0.259. The standard InChI is InChI=1S/C12H10ClN3O/c13-9-3-1-2-8(6-9)12(17)16-11-5-4-10(14)7-15-11/h1-7H,14H2,(H,15,16,17). The summed E-state index contributed by atoms with van der Waals surface area (Å²) in [6.07, 6.45) is 1.48. The van der Waals surface area contributed by atoms with E-state index in [1.807, 2.05) is 0 Å². The number of nitrogens with one attached hydrogen (secondary N) is 1. The van der Waals surface area contributed by atoms with Crippen molar-refractivity contribution in [1.29, 1.82) is 0 Å². The van der Waals surface area contributed by atoms with Gasteiger partial charge in [0.25, 0.3) is 5.91 Å². The molecule has 2 rings (SSSR count). The van der Waals surface area contributed by atoms with Gasteiger partial charge in [0.05, 0.1) is 11.9 Å². The van der Waals surface area contributed by atoms with Crippen LogP contribution in [-0.2, 0) is 0 Å². The van der Waals surface area contributed by atoms with Crippen LogP contribution < -0.4 is 11.1 Å². The Hall–Kier alpha value is -2.07. The number of pyridine rings is 1. The first-order chi connectivity index (χ1) is 8.15. The molecule has 1 aromatic heterocycles. The van der Waals surface area contributed by atoms with Gasteiger partial charge in [-0.15, -0.1) is 0 Å². The SMILES string of the molecule is Nc1ccc(NC(=O)c2cccc(Cl)c2)nc1. The fourth-order valence-electron chi connectivity index (χ4n) is 1.30. The molecule has 0 saturated heterocycles. The van der Waals surface area contributed by atoms with Gasteiger partial charge in [0.1, 0.15) is 5.82 Å². The second-order valence-electron chi connectivity index (χ2n) is 3.44. The van der Waals surface area contributed by atoms with Crippen molar-refractivity contribution in [2.45, 2.75) is 0 Å².